The summed E-state index contributed by atoms with van der Waals surface area (Å²) in [6, 6.07) is 8.31. The van der Waals surface area contributed by atoms with Crippen molar-refractivity contribution in [2.75, 3.05) is 38.2 Å². The number of ether oxygens (including phenoxy) is 1. The van der Waals surface area contributed by atoms with E-state index in [-0.39, 0.29) is 0 Å². The van der Waals surface area contributed by atoms with Crippen LogP contribution in [0.5, 0.6) is 5.75 Å². The molecule has 3 rings (SSSR count). The van der Waals surface area contributed by atoms with Gasteiger partial charge in [-0.3, -0.25) is 4.90 Å². The molecule has 23 heavy (non-hydrogen) atoms. The molecule has 1 aliphatic rings. The molecule has 1 aromatic heterocycles. The van der Waals surface area contributed by atoms with Crippen LogP contribution >= 0.6 is 11.6 Å². The van der Waals surface area contributed by atoms with Crippen LogP contribution in [0.25, 0.3) is 0 Å². The van der Waals surface area contributed by atoms with Crippen molar-refractivity contribution in [2.45, 2.75) is 13.0 Å². The van der Waals surface area contributed by atoms with Crippen LogP contribution in [0.15, 0.2) is 30.5 Å². The van der Waals surface area contributed by atoms with Crippen LogP contribution in [-0.2, 0) is 13.6 Å². The minimum absolute atomic E-state index is 0.690. The van der Waals surface area contributed by atoms with Gasteiger partial charge in [-0.15, -0.1) is 0 Å². The highest BCUT2D eigenvalue weighted by Crippen LogP contribution is 2.21. The standard InChI is InChI=1S/C17H23ClN4O/c1-20-16(18)12-19-17(20)13-21-8-3-9-22(11-10-21)14-4-6-15(23-2)7-5-14/h4-7,12H,3,8-11,13H2,1-2H3. The van der Waals surface area contributed by atoms with Crippen LogP contribution in [0.2, 0.25) is 5.15 Å². The largest absolute Gasteiger partial charge is 0.497 e. The minimum Gasteiger partial charge on any atom is -0.497 e. The molecule has 1 aliphatic heterocycles. The molecule has 0 amide bonds. The van der Waals surface area contributed by atoms with Gasteiger partial charge in [0, 0.05) is 38.9 Å². The van der Waals surface area contributed by atoms with Gasteiger partial charge >= 0.3 is 0 Å². The Labute approximate surface area is 142 Å². The molecule has 0 bridgehead atoms. The third-order valence-electron chi connectivity index (χ3n) is 4.42. The molecule has 124 valence electrons. The quantitative estimate of drug-likeness (QED) is 0.861. The number of methoxy groups -OCH3 is 1. The molecule has 1 aromatic carbocycles. The van der Waals surface area contributed by atoms with Gasteiger partial charge < -0.3 is 14.2 Å². The first-order valence-corrected chi connectivity index (χ1v) is 8.32. The molecule has 0 spiro atoms. The molecule has 0 aliphatic carbocycles. The van der Waals surface area contributed by atoms with E-state index in [2.05, 4.69) is 26.9 Å². The molecule has 0 saturated carbocycles. The fraction of sp³-hybridized carbons (Fsp3) is 0.471. The van der Waals surface area contributed by atoms with Gasteiger partial charge in [-0.25, -0.2) is 4.98 Å². The molecule has 0 N–H and O–H groups in total. The summed E-state index contributed by atoms with van der Waals surface area (Å²) in [6.45, 7) is 5.04. The number of hydrogen-bond donors (Lipinski definition) is 0. The average Bonchev–Trinajstić information content (AvgIpc) is 2.79. The zero-order chi connectivity index (χ0) is 16.2. The summed E-state index contributed by atoms with van der Waals surface area (Å²) in [5, 5.41) is 0.690. The predicted octanol–water partition coefficient (Wildman–Crippen LogP) is 2.79. The van der Waals surface area contributed by atoms with Gasteiger partial charge in [-0.2, -0.15) is 0 Å². The summed E-state index contributed by atoms with van der Waals surface area (Å²) in [7, 11) is 3.66. The summed E-state index contributed by atoms with van der Waals surface area (Å²) in [4.78, 5) is 9.28. The highest BCUT2D eigenvalue weighted by atomic mass is 35.5. The van der Waals surface area contributed by atoms with Crippen LogP contribution in [0, 0.1) is 0 Å². The lowest BCUT2D eigenvalue weighted by molar-refractivity contribution is 0.275. The molecular formula is C17H23ClN4O. The van der Waals surface area contributed by atoms with Gasteiger partial charge in [-0.1, -0.05) is 11.6 Å². The smallest absolute Gasteiger partial charge is 0.128 e. The predicted molar refractivity (Wildman–Crippen MR) is 93.3 cm³/mol. The number of rotatable bonds is 4. The van der Waals surface area contributed by atoms with Crippen molar-refractivity contribution >= 4 is 17.3 Å². The highest BCUT2D eigenvalue weighted by molar-refractivity contribution is 6.29. The van der Waals surface area contributed by atoms with E-state index in [1.165, 1.54) is 5.69 Å². The topological polar surface area (TPSA) is 33.5 Å². The first-order valence-electron chi connectivity index (χ1n) is 7.95. The van der Waals surface area contributed by atoms with Crippen LogP contribution in [0.4, 0.5) is 5.69 Å². The van der Waals surface area contributed by atoms with E-state index in [9.17, 15) is 0 Å². The van der Waals surface area contributed by atoms with E-state index in [0.29, 0.717) is 5.15 Å². The molecule has 0 radical (unpaired) electrons. The first-order chi connectivity index (χ1) is 11.2. The van der Waals surface area contributed by atoms with E-state index in [1.807, 2.05) is 23.7 Å². The second kappa shape index (κ2) is 7.23. The van der Waals surface area contributed by atoms with Crippen LogP contribution in [-0.4, -0.2) is 47.7 Å². The van der Waals surface area contributed by atoms with Crippen molar-refractivity contribution in [1.29, 1.82) is 0 Å². The van der Waals surface area contributed by atoms with Crippen LogP contribution in [0.1, 0.15) is 12.2 Å². The Morgan fingerprint density at radius 3 is 2.57 bits per heavy atom. The van der Waals surface area contributed by atoms with E-state index >= 15 is 0 Å². The fourth-order valence-electron chi connectivity index (χ4n) is 2.95. The summed E-state index contributed by atoms with van der Waals surface area (Å²) in [5.41, 5.74) is 1.26. The van der Waals surface area contributed by atoms with Gasteiger partial charge in [0.1, 0.15) is 16.7 Å². The van der Waals surface area contributed by atoms with Crippen molar-refractivity contribution in [3.63, 3.8) is 0 Å². The third kappa shape index (κ3) is 3.79. The molecule has 5 nitrogen and oxygen atoms in total. The van der Waals surface area contributed by atoms with Gasteiger partial charge in [0.25, 0.3) is 0 Å². The lowest BCUT2D eigenvalue weighted by atomic mass is 10.2. The Morgan fingerprint density at radius 1 is 1.13 bits per heavy atom. The Kier molecular flexibility index (Phi) is 5.08. The molecular weight excluding hydrogens is 312 g/mol. The molecule has 6 heteroatoms. The summed E-state index contributed by atoms with van der Waals surface area (Å²) >= 11 is 6.07. The molecule has 1 fully saturated rings. The van der Waals surface area contributed by atoms with Gasteiger partial charge in [0.15, 0.2) is 0 Å². The van der Waals surface area contributed by atoms with Crippen molar-refractivity contribution in [1.82, 2.24) is 14.5 Å². The number of imidazole rings is 1. The van der Waals surface area contributed by atoms with Crippen LogP contribution in [0.3, 0.4) is 0 Å². The zero-order valence-corrected chi connectivity index (χ0v) is 14.5. The molecule has 2 aromatic rings. The number of hydrogen-bond acceptors (Lipinski definition) is 4. The Balaban J connectivity index is 1.61. The second-order valence-corrected chi connectivity index (χ2v) is 6.26. The first kappa shape index (κ1) is 16.1. The van der Waals surface area contributed by atoms with Gasteiger partial charge in [0.2, 0.25) is 0 Å². The lowest BCUT2D eigenvalue weighted by Crippen LogP contribution is -2.31. The Hall–Kier alpha value is -1.72. The number of benzene rings is 1. The average molecular weight is 335 g/mol. The normalized spacial score (nSPS) is 16.4. The van der Waals surface area contributed by atoms with E-state index < -0.39 is 0 Å². The number of aromatic nitrogens is 2. The molecule has 2 heterocycles. The minimum atomic E-state index is 0.690. The number of nitrogens with zero attached hydrogens (tertiary/aromatic N) is 4. The third-order valence-corrected chi connectivity index (χ3v) is 4.77. The van der Waals surface area contributed by atoms with Crippen LogP contribution < -0.4 is 9.64 Å². The van der Waals surface area contributed by atoms with Crippen molar-refractivity contribution < 1.29 is 4.74 Å². The molecule has 0 atom stereocenters. The SMILES string of the molecule is COc1ccc(N2CCCN(Cc3ncc(Cl)n3C)CC2)cc1. The van der Waals surface area contributed by atoms with E-state index in [1.54, 1.807) is 13.3 Å². The maximum atomic E-state index is 6.07. The summed E-state index contributed by atoms with van der Waals surface area (Å²) in [5.74, 6) is 1.92. The van der Waals surface area contributed by atoms with Gasteiger partial charge in [-0.05, 0) is 30.7 Å². The Bertz CT molecular complexity index is 641. The Morgan fingerprint density at radius 2 is 1.91 bits per heavy atom. The fourth-order valence-corrected chi connectivity index (χ4v) is 3.10. The summed E-state index contributed by atoms with van der Waals surface area (Å²) < 4.78 is 7.18. The van der Waals surface area contributed by atoms with Crippen molar-refractivity contribution in [3.8, 4) is 5.75 Å². The number of anilines is 1. The van der Waals surface area contributed by atoms with Crippen molar-refractivity contribution in [2.24, 2.45) is 7.05 Å². The van der Waals surface area contributed by atoms with Crippen molar-refractivity contribution in [3.05, 3.63) is 41.4 Å². The zero-order valence-electron chi connectivity index (χ0n) is 13.7. The van der Waals surface area contributed by atoms with Gasteiger partial charge in [0.05, 0.1) is 19.9 Å². The maximum absolute atomic E-state index is 6.07. The summed E-state index contributed by atoms with van der Waals surface area (Å²) in [6.07, 6.45) is 2.86. The van der Waals surface area contributed by atoms with E-state index in [4.69, 9.17) is 16.3 Å². The van der Waals surface area contributed by atoms with E-state index in [0.717, 1.165) is 50.7 Å². The lowest BCUT2D eigenvalue weighted by Gasteiger charge is -2.23. The highest BCUT2D eigenvalue weighted by Gasteiger charge is 2.17. The second-order valence-electron chi connectivity index (χ2n) is 5.87. The molecule has 1 saturated heterocycles. The molecule has 0 unspecified atom stereocenters. The monoisotopic (exact) mass is 334 g/mol. The number of halogens is 1. The maximum Gasteiger partial charge on any atom is 0.128 e.